The van der Waals surface area contributed by atoms with Crippen LogP contribution in [0.3, 0.4) is 0 Å². The fourth-order valence-electron chi connectivity index (χ4n) is 2.34. The van der Waals surface area contributed by atoms with Crippen LogP contribution in [0.25, 0.3) is 0 Å². The summed E-state index contributed by atoms with van der Waals surface area (Å²) >= 11 is 0. The lowest BCUT2D eigenvalue weighted by Crippen LogP contribution is -2.03. The Kier molecular flexibility index (Phi) is 5.21. The van der Waals surface area contributed by atoms with Crippen molar-refractivity contribution in [2.24, 2.45) is 0 Å². The smallest absolute Gasteiger partial charge is 0.193 e. The first kappa shape index (κ1) is 16.1. The van der Waals surface area contributed by atoms with E-state index in [1.807, 2.05) is 24.3 Å². The Bertz CT molecular complexity index is 644. The summed E-state index contributed by atoms with van der Waals surface area (Å²) in [6.45, 7) is 4.35. The molecule has 0 aromatic heterocycles. The second-order valence-corrected chi connectivity index (χ2v) is 5.33. The van der Waals surface area contributed by atoms with Crippen molar-refractivity contribution in [3.8, 4) is 11.5 Å². The highest BCUT2D eigenvalue weighted by Crippen LogP contribution is 2.28. The molecule has 0 aliphatic rings. The lowest BCUT2D eigenvalue weighted by molar-refractivity contribution is 0.103. The predicted octanol–water partition coefficient (Wildman–Crippen LogP) is 4.45. The second kappa shape index (κ2) is 7.12. The Balaban J connectivity index is 2.28. The Labute approximate surface area is 131 Å². The molecule has 0 saturated heterocycles. The Morgan fingerprint density at radius 1 is 0.955 bits per heavy atom. The molecule has 0 fully saturated rings. The molecule has 2 aromatic carbocycles. The summed E-state index contributed by atoms with van der Waals surface area (Å²) in [6.07, 6.45) is 1.09. The van der Waals surface area contributed by atoms with Crippen molar-refractivity contribution in [1.29, 1.82) is 0 Å². The van der Waals surface area contributed by atoms with Crippen molar-refractivity contribution in [2.45, 2.75) is 26.2 Å². The molecule has 0 N–H and O–H groups in total. The van der Waals surface area contributed by atoms with Crippen molar-refractivity contribution in [3.63, 3.8) is 0 Å². The molecule has 1 atom stereocenters. The summed E-state index contributed by atoms with van der Waals surface area (Å²) in [5.41, 5.74) is 2.53. The van der Waals surface area contributed by atoms with Gasteiger partial charge in [-0.05, 0) is 36.1 Å². The standard InChI is InChI=1S/C19H22O3/c1-5-13(2)14-6-8-15(9-7-14)19(20)16-10-11-17(21-3)18(12-16)22-4/h6-13H,5H2,1-4H3. The molecule has 0 spiro atoms. The number of ether oxygens (including phenoxy) is 2. The van der Waals surface area contributed by atoms with E-state index in [1.54, 1.807) is 32.4 Å². The molecular weight excluding hydrogens is 276 g/mol. The van der Waals surface area contributed by atoms with Gasteiger partial charge >= 0.3 is 0 Å². The minimum Gasteiger partial charge on any atom is -0.493 e. The Morgan fingerprint density at radius 2 is 1.55 bits per heavy atom. The average molecular weight is 298 g/mol. The van der Waals surface area contributed by atoms with E-state index in [4.69, 9.17) is 9.47 Å². The van der Waals surface area contributed by atoms with Crippen molar-refractivity contribution >= 4 is 5.78 Å². The lowest BCUT2D eigenvalue weighted by Gasteiger charge is -2.11. The number of carbonyl (C=O) groups excluding carboxylic acids is 1. The molecule has 0 saturated carbocycles. The van der Waals surface area contributed by atoms with Crippen LogP contribution in [-0.2, 0) is 0 Å². The van der Waals surface area contributed by atoms with Gasteiger partial charge in [-0.2, -0.15) is 0 Å². The molecule has 3 heteroatoms. The van der Waals surface area contributed by atoms with Gasteiger partial charge in [-0.15, -0.1) is 0 Å². The van der Waals surface area contributed by atoms with Crippen molar-refractivity contribution in [1.82, 2.24) is 0 Å². The monoisotopic (exact) mass is 298 g/mol. The third-order valence-electron chi connectivity index (χ3n) is 4.00. The number of hydrogen-bond acceptors (Lipinski definition) is 3. The van der Waals surface area contributed by atoms with E-state index in [2.05, 4.69) is 13.8 Å². The minimum absolute atomic E-state index is 0.0170. The van der Waals surface area contributed by atoms with Crippen LogP contribution >= 0.6 is 0 Å². The Morgan fingerprint density at radius 3 is 2.09 bits per heavy atom. The highest BCUT2D eigenvalue weighted by atomic mass is 16.5. The van der Waals surface area contributed by atoms with Crippen LogP contribution in [0, 0.1) is 0 Å². The summed E-state index contributed by atoms with van der Waals surface area (Å²) < 4.78 is 10.4. The molecule has 0 amide bonds. The number of methoxy groups -OCH3 is 2. The van der Waals surface area contributed by atoms with Gasteiger partial charge in [0.2, 0.25) is 0 Å². The fourth-order valence-corrected chi connectivity index (χ4v) is 2.34. The van der Waals surface area contributed by atoms with Crippen LogP contribution in [0.2, 0.25) is 0 Å². The first-order valence-corrected chi connectivity index (χ1v) is 7.47. The first-order valence-electron chi connectivity index (χ1n) is 7.47. The molecule has 1 unspecified atom stereocenters. The molecule has 116 valence electrons. The maximum atomic E-state index is 12.6. The van der Waals surface area contributed by atoms with Gasteiger partial charge in [-0.25, -0.2) is 0 Å². The van der Waals surface area contributed by atoms with E-state index < -0.39 is 0 Å². The van der Waals surface area contributed by atoms with E-state index in [1.165, 1.54) is 5.56 Å². The van der Waals surface area contributed by atoms with Crippen LogP contribution in [0.5, 0.6) is 11.5 Å². The molecular formula is C19H22O3. The molecule has 2 rings (SSSR count). The molecule has 0 bridgehead atoms. The van der Waals surface area contributed by atoms with Crippen LogP contribution in [0.1, 0.15) is 47.7 Å². The predicted molar refractivity (Wildman–Crippen MR) is 88.1 cm³/mol. The summed E-state index contributed by atoms with van der Waals surface area (Å²) in [5.74, 6) is 1.66. The van der Waals surface area contributed by atoms with E-state index in [0.29, 0.717) is 28.5 Å². The third kappa shape index (κ3) is 3.30. The molecule has 2 aromatic rings. The van der Waals surface area contributed by atoms with E-state index in [-0.39, 0.29) is 5.78 Å². The van der Waals surface area contributed by atoms with Crippen LogP contribution in [-0.4, -0.2) is 20.0 Å². The van der Waals surface area contributed by atoms with E-state index in [0.717, 1.165) is 6.42 Å². The minimum atomic E-state index is -0.0170. The SMILES string of the molecule is CCC(C)c1ccc(C(=O)c2ccc(OC)c(OC)c2)cc1. The molecule has 22 heavy (non-hydrogen) atoms. The second-order valence-electron chi connectivity index (χ2n) is 5.33. The van der Waals surface area contributed by atoms with Crippen LogP contribution < -0.4 is 9.47 Å². The highest BCUT2D eigenvalue weighted by Gasteiger charge is 2.13. The fraction of sp³-hybridized carbons (Fsp3) is 0.316. The normalized spacial score (nSPS) is 11.8. The van der Waals surface area contributed by atoms with E-state index >= 15 is 0 Å². The van der Waals surface area contributed by atoms with Crippen LogP contribution in [0.4, 0.5) is 0 Å². The topological polar surface area (TPSA) is 35.5 Å². The van der Waals surface area contributed by atoms with E-state index in [9.17, 15) is 4.79 Å². The van der Waals surface area contributed by atoms with Crippen LogP contribution in [0.15, 0.2) is 42.5 Å². The maximum absolute atomic E-state index is 12.6. The van der Waals surface area contributed by atoms with Gasteiger partial charge in [0.15, 0.2) is 17.3 Å². The highest BCUT2D eigenvalue weighted by molar-refractivity contribution is 6.09. The first-order chi connectivity index (χ1) is 10.6. The van der Waals surface area contributed by atoms with Gasteiger partial charge in [0, 0.05) is 11.1 Å². The van der Waals surface area contributed by atoms with Gasteiger partial charge in [0.05, 0.1) is 14.2 Å². The van der Waals surface area contributed by atoms with Crippen molar-refractivity contribution in [2.75, 3.05) is 14.2 Å². The molecule has 0 aliphatic heterocycles. The lowest BCUT2D eigenvalue weighted by atomic mass is 9.95. The largest absolute Gasteiger partial charge is 0.493 e. The van der Waals surface area contributed by atoms with Gasteiger partial charge in [0.25, 0.3) is 0 Å². The van der Waals surface area contributed by atoms with Gasteiger partial charge < -0.3 is 9.47 Å². The zero-order chi connectivity index (χ0) is 16.1. The zero-order valence-electron chi connectivity index (χ0n) is 13.6. The summed E-state index contributed by atoms with van der Waals surface area (Å²) in [4.78, 5) is 12.6. The molecule has 0 heterocycles. The average Bonchev–Trinajstić information content (AvgIpc) is 2.59. The number of rotatable bonds is 6. The summed E-state index contributed by atoms with van der Waals surface area (Å²) in [6, 6.07) is 13.1. The number of hydrogen-bond donors (Lipinski definition) is 0. The molecule has 3 nitrogen and oxygen atoms in total. The number of benzene rings is 2. The molecule has 0 radical (unpaired) electrons. The van der Waals surface area contributed by atoms with Gasteiger partial charge in [-0.3, -0.25) is 4.79 Å². The van der Waals surface area contributed by atoms with Crippen molar-refractivity contribution in [3.05, 3.63) is 59.2 Å². The summed E-state index contributed by atoms with van der Waals surface area (Å²) in [5, 5.41) is 0. The van der Waals surface area contributed by atoms with Gasteiger partial charge in [0.1, 0.15) is 0 Å². The quantitative estimate of drug-likeness (QED) is 0.739. The zero-order valence-corrected chi connectivity index (χ0v) is 13.6. The number of carbonyl (C=O) groups is 1. The maximum Gasteiger partial charge on any atom is 0.193 e. The third-order valence-corrected chi connectivity index (χ3v) is 4.00. The Hall–Kier alpha value is -2.29. The number of ketones is 1. The summed E-state index contributed by atoms with van der Waals surface area (Å²) in [7, 11) is 3.14. The molecule has 0 aliphatic carbocycles. The van der Waals surface area contributed by atoms with Gasteiger partial charge in [-0.1, -0.05) is 38.1 Å². The van der Waals surface area contributed by atoms with Crippen molar-refractivity contribution < 1.29 is 14.3 Å².